The zero-order valence-electron chi connectivity index (χ0n) is 21.3. The number of hydrogen-bond acceptors (Lipinski definition) is 6. The van der Waals surface area contributed by atoms with E-state index in [-0.39, 0.29) is 28.6 Å². The fraction of sp³-hybridized carbons (Fsp3) is 0.321. The molecule has 0 radical (unpaired) electrons. The number of nitrogens with zero attached hydrogens (tertiary/aromatic N) is 4. The van der Waals surface area contributed by atoms with Crippen LogP contribution in [0.1, 0.15) is 25.5 Å². The van der Waals surface area contributed by atoms with Crippen molar-refractivity contribution in [1.82, 2.24) is 10.3 Å². The Morgan fingerprint density at radius 3 is 2.54 bits per heavy atom. The Morgan fingerprint density at radius 2 is 1.85 bits per heavy atom. The van der Waals surface area contributed by atoms with E-state index in [2.05, 4.69) is 15.6 Å². The molecule has 5 rings (SSSR count). The van der Waals surface area contributed by atoms with Gasteiger partial charge in [-0.1, -0.05) is 11.6 Å². The van der Waals surface area contributed by atoms with Gasteiger partial charge in [0.1, 0.15) is 17.5 Å². The molecule has 1 aromatic heterocycles. The van der Waals surface area contributed by atoms with Crippen molar-refractivity contribution in [3.63, 3.8) is 0 Å². The third-order valence-corrected chi connectivity index (χ3v) is 7.06. The predicted molar refractivity (Wildman–Crippen MR) is 147 cm³/mol. The highest BCUT2D eigenvalue weighted by atomic mass is 35.5. The molecule has 0 unspecified atom stereocenters. The summed E-state index contributed by atoms with van der Waals surface area (Å²) in [6.07, 6.45) is 1.86. The Kier molecular flexibility index (Phi) is 7.93. The number of halogens is 3. The van der Waals surface area contributed by atoms with E-state index in [1.807, 2.05) is 6.07 Å². The normalized spacial score (nSPS) is 15.4. The van der Waals surface area contributed by atoms with Crippen molar-refractivity contribution in [1.29, 1.82) is 5.26 Å². The van der Waals surface area contributed by atoms with Crippen LogP contribution in [0.2, 0.25) is 5.02 Å². The largest absolute Gasteiger partial charge is 0.384 e. The highest BCUT2D eigenvalue weighted by Gasteiger charge is 2.36. The Morgan fingerprint density at radius 1 is 1.10 bits per heavy atom. The maximum atomic E-state index is 15.7. The average Bonchev–Trinajstić information content (AvgIpc) is 3.03. The molecule has 39 heavy (non-hydrogen) atoms. The van der Waals surface area contributed by atoms with Crippen LogP contribution in [-0.4, -0.2) is 49.9 Å². The van der Waals surface area contributed by atoms with Crippen molar-refractivity contribution in [2.24, 2.45) is 0 Å². The minimum Gasteiger partial charge on any atom is -0.384 e. The first-order valence-electron chi connectivity index (χ1n) is 12.8. The van der Waals surface area contributed by atoms with Gasteiger partial charge < -0.3 is 15.4 Å². The third kappa shape index (κ3) is 5.39. The van der Waals surface area contributed by atoms with E-state index in [4.69, 9.17) is 16.3 Å². The lowest BCUT2D eigenvalue weighted by Crippen LogP contribution is -2.41. The molecule has 11 heteroatoms. The number of carbonyl (C=O) groups is 1. The Labute approximate surface area is 230 Å². The molecule has 2 aliphatic heterocycles. The molecular weight excluding hydrogens is 526 g/mol. The van der Waals surface area contributed by atoms with E-state index in [1.54, 1.807) is 25.1 Å². The van der Waals surface area contributed by atoms with Gasteiger partial charge in [0.15, 0.2) is 11.6 Å². The van der Waals surface area contributed by atoms with Crippen LogP contribution >= 0.6 is 11.6 Å². The lowest BCUT2D eigenvalue weighted by molar-refractivity contribution is 0.0784. The highest BCUT2D eigenvalue weighted by Crippen LogP contribution is 2.45. The molecule has 2 aliphatic rings. The lowest BCUT2D eigenvalue weighted by atomic mass is 10.1. The molecule has 8 nitrogen and oxygen atoms in total. The summed E-state index contributed by atoms with van der Waals surface area (Å²) >= 11 is 6.28. The van der Waals surface area contributed by atoms with E-state index in [9.17, 15) is 10.1 Å². The summed E-state index contributed by atoms with van der Waals surface area (Å²) in [5.74, 6) is -1.83. The van der Waals surface area contributed by atoms with Crippen molar-refractivity contribution in [3.05, 3.63) is 64.8 Å². The van der Waals surface area contributed by atoms with Gasteiger partial charge in [-0.15, -0.1) is 0 Å². The zero-order valence-corrected chi connectivity index (χ0v) is 22.1. The number of hydrogen-bond donors (Lipinski definition) is 2. The summed E-state index contributed by atoms with van der Waals surface area (Å²) in [5.41, 5.74) is 1.21. The van der Waals surface area contributed by atoms with Crippen LogP contribution in [0.15, 0.2) is 42.5 Å². The van der Waals surface area contributed by atoms with Crippen molar-refractivity contribution in [2.45, 2.75) is 25.8 Å². The fourth-order valence-corrected chi connectivity index (χ4v) is 5.10. The van der Waals surface area contributed by atoms with Crippen LogP contribution in [0.3, 0.4) is 0 Å². The van der Waals surface area contributed by atoms with Gasteiger partial charge in [0.2, 0.25) is 0 Å². The average molecular weight is 553 g/mol. The number of amides is 2. The summed E-state index contributed by atoms with van der Waals surface area (Å²) in [7, 11) is 0. The van der Waals surface area contributed by atoms with Gasteiger partial charge in [-0.25, -0.2) is 18.6 Å². The van der Waals surface area contributed by atoms with Gasteiger partial charge in [0.05, 0.1) is 17.1 Å². The summed E-state index contributed by atoms with van der Waals surface area (Å²) < 4.78 is 36.7. The number of rotatable bonds is 7. The van der Waals surface area contributed by atoms with Gasteiger partial charge in [-0.3, -0.25) is 9.80 Å². The van der Waals surface area contributed by atoms with Gasteiger partial charge in [-0.2, -0.15) is 5.26 Å². The molecule has 2 aromatic carbocycles. The van der Waals surface area contributed by atoms with Crippen molar-refractivity contribution in [2.75, 3.05) is 48.0 Å². The molecule has 2 N–H and O–H groups in total. The molecular formula is C28H27ClF2N6O2. The second-order valence-electron chi connectivity index (χ2n) is 9.26. The number of anilines is 4. The van der Waals surface area contributed by atoms with Gasteiger partial charge in [-0.05, 0) is 62.2 Å². The first-order valence-corrected chi connectivity index (χ1v) is 13.2. The van der Waals surface area contributed by atoms with Crippen LogP contribution in [-0.2, 0) is 4.74 Å². The van der Waals surface area contributed by atoms with Crippen molar-refractivity contribution < 1.29 is 18.3 Å². The topological polar surface area (TPSA) is 93.5 Å². The molecule has 0 saturated carbocycles. The van der Waals surface area contributed by atoms with E-state index in [0.717, 1.165) is 31.0 Å². The molecule has 0 aliphatic carbocycles. The van der Waals surface area contributed by atoms with Crippen LogP contribution in [0.4, 0.5) is 36.3 Å². The zero-order chi connectivity index (χ0) is 27.5. The second-order valence-corrected chi connectivity index (χ2v) is 9.69. The first kappa shape index (κ1) is 26.8. The number of urea groups is 1. The maximum absolute atomic E-state index is 15.7. The third-order valence-electron chi connectivity index (χ3n) is 6.82. The molecule has 0 atom stereocenters. The van der Waals surface area contributed by atoms with Crippen LogP contribution < -0.4 is 20.4 Å². The maximum Gasteiger partial charge on any atom is 0.333 e. The molecule has 202 valence electrons. The number of benzene rings is 2. The van der Waals surface area contributed by atoms with Crippen molar-refractivity contribution >= 4 is 40.4 Å². The molecule has 3 aromatic rings. The quantitative estimate of drug-likeness (QED) is 0.358. The Bertz CT molecular complexity index is 1420. The summed E-state index contributed by atoms with van der Waals surface area (Å²) in [4.78, 5) is 20.6. The van der Waals surface area contributed by atoms with Crippen LogP contribution in [0.5, 0.6) is 0 Å². The van der Waals surface area contributed by atoms with Gasteiger partial charge in [0, 0.05) is 55.2 Å². The fourth-order valence-electron chi connectivity index (χ4n) is 4.93. The lowest BCUT2D eigenvalue weighted by Gasteiger charge is -2.29. The van der Waals surface area contributed by atoms with E-state index in [0.29, 0.717) is 36.1 Å². The molecule has 0 bridgehead atoms. The number of aromatic nitrogens is 1. The monoisotopic (exact) mass is 552 g/mol. The van der Waals surface area contributed by atoms with Crippen LogP contribution in [0.25, 0.3) is 11.3 Å². The molecule has 1 saturated heterocycles. The van der Waals surface area contributed by atoms with Crippen molar-refractivity contribution in [3.8, 4) is 17.3 Å². The standard InChI is InChI=1S/C28H27ClF2N6O2/c1-2-36-24-6-4-19(16-32)35-26(24)21-5-3-17(29)13-25(21)37(28(36)38)27-22(30)14-20(15-23(27)31)34-10-9-33-18-7-11-39-12-8-18/h3-6,13-15,18,33-34H,2,7-12H2,1H3. The van der Waals surface area contributed by atoms with E-state index < -0.39 is 23.4 Å². The number of fused-ring (bicyclic) bond motifs is 3. The second kappa shape index (κ2) is 11.5. The Balaban J connectivity index is 1.49. The summed E-state index contributed by atoms with van der Waals surface area (Å²) in [6, 6.07) is 11.8. The molecule has 0 spiro atoms. The molecule has 1 fully saturated rings. The van der Waals surface area contributed by atoms with Crippen LogP contribution in [0, 0.1) is 23.0 Å². The number of carbonyl (C=O) groups excluding carboxylic acids is 1. The number of pyridine rings is 1. The summed E-state index contributed by atoms with van der Waals surface area (Å²) in [5, 5.41) is 16.1. The SMILES string of the molecule is CCN1C(=O)N(c2c(F)cc(NCCNC3CCOCC3)cc2F)c2cc(Cl)ccc2-c2nc(C#N)ccc21. The minimum absolute atomic E-state index is 0.144. The van der Waals surface area contributed by atoms with Gasteiger partial charge in [0.25, 0.3) is 0 Å². The minimum atomic E-state index is -0.915. The first-order chi connectivity index (χ1) is 18.9. The highest BCUT2D eigenvalue weighted by molar-refractivity contribution is 6.31. The number of nitriles is 1. The number of ether oxygens (including phenoxy) is 1. The summed E-state index contributed by atoms with van der Waals surface area (Å²) in [6.45, 7) is 4.47. The smallest absolute Gasteiger partial charge is 0.333 e. The predicted octanol–water partition coefficient (Wildman–Crippen LogP) is 5.83. The number of nitrogens with one attached hydrogen (secondary N) is 2. The van der Waals surface area contributed by atoms with E-state index >= 15 is 8.78 Å². The molecule has 3 heterocycles. The van der Waals surface area contributed by atoms with E-state index in [1.165, 1.54) is 29.2 Å². The van der Waals surface area contributed by atoms with Gasteiger partial charge >= 0.3 is 6.03 Å². The Hall–Kier alpha value is -3.78. The molecule has 2 amide bonds.